The third-order valence-electron chi connectivity index (χ3n) is 2.70. The minimum atomic E-state index is 0.469. The molecule has 84 valence electrons. The Morgan fingerprint density at radius 2 is 2.47 bits per heavy atom. The Labute approximate surface area is 111 Å². The van der Waals surface area contributed by atoms with Gasteiger partial charge < -0.3 is 4.74 Å². The number of ether oxygens (including phenoxy) is 1. The van der Waals surface area contributed by atoms with Gasteiger partial charge in [-0.1, -0.05) is 15.9 Å². The maximum atomic E-state index is 5.62. The number of alkyl halides is 1. The zero-order chi connectivity index (χ0) is 10.7. The first kappa shape index (κ1) is 12.1. The molecule has 0 aromatic carbocycles. The number of hydrogen-bond donors (Lipinski definition) is 0. The third kappa shape index (κ3) is 3.29. The standard InChI is InChI=1S/C11H14Br2OS/c12-9(11-10(13)5-7-15-11)4-3-8-2-1-6-14-8/h5,7-9H,1-4,6H2. The molecule has 2 atom stereocenters. The van der Waals surface area contributed by atoms with Crippen LogP contribution in [-0.2, 0) is 4.74 Å². The van der Waals surface area contributed by atoms with Gasteiger partial charge in [-0.2, -0.15) is 0 Å². The molecule has 1 aromatic heterocycles. The second-order valence-corrected chi connectivity index (χ2v) is 6.72. The summed E-state index contributed by atoms with van der Waals surface area (Å²) in [5, 5.41) is 2.12. The zero-order valence-corrected chi connectivity index (χ0v) is 12.4. The number of thiophene rings is 1. The Hall–Kier alpha value is 0.620. The Kier molecular flexibility index (Phi) is 4.68. The fourth-order valence-corrected chi connectivity index (χ4v) is 4.67. The van der Waals surface area contributed by atoms with Gasteiger partial charge in [-0.25, -0.2) is 0 Å². The zero-order valence-electron chi connectivity index (χ0n) is 8.42. The average molecular weight is 354 g/mol. The molecule has 0 N–H and O–H groups in total. The highest BCUT2D eigenvalue weighted by Gasteiger charge is 2.19. The van der Waals surface area contributed by atoms with Gasteiger partial charge in [0.2, 0.25) is 0 Å². The van der Waals surface area contributed by atoms with Gasteiger partial charge in [-0.05, 0) is 53.1 Å². The predicted molar refractivity (Wildman–Crippen MR) is 71.9 cm³/mol. The number of hydrogen-bond acceptors (Lipinski definition) is 2. The molecule has 0 aliphatic carbocycles. The molecule has 0 amide bonds. The van der Waals surface area contributed by atoms with Crippen LogP contribution in [0.15, 0.2) is 15.9 Å². The van der Waals surface area contributed by atoms with Crippen LogP contribution >= 0.6 is 43.2 Å². The lowest BCUT2D eigenvalue weighted by molar-refractivity contribution is 0.102. The van der Waals surface area contributed by atoms with E-state index in [0.717, 1.165) is 13.0 Å². The minimum Gasteiger partial charge on any atom is -0.378 e. The molecule has 0 spiro atoms. The minimum absolute atomic E-state index is 0.469. The van der Waals surface area contributed by atoms with E-state index in [1.54, 1.807) is 11.3 Å². The maximum absolute atomic E-state index is 5.62. The normalized spacial score (nSPS) is 23.2. The van der Waals surface area contributed by atoms with Crippen LogP contribution in [0.4, 0.5) is 0 Å². The smallest absolute Gasteiger partial charge is 0.0576 e. The number of halogens is 2. The van der Waals surface area contributed by atoms with Gasteiger partial charge in [0, 0.05) is 16.0 Å². The Bertz CT molecular complexity index is 307. The summed E-state index contributed by atoms with van der Waals surface area (Å²) in [6, 6.07) is 2.11. The van der Waals surface area contributed by atoms with Gasteiger partial charge >= 0.3 is 0 Å². The molecule has 0 radical (unpaired) electrons. The van der Waals surface area contributed by atoms with E-state index in [-0.39, 0.29) is 0 Å². The van der Waals surface area contributed by atoms with Gasteiger partial charge in [0.05, 0.1) is 10.9 Å². The summed E-state index contributed by atoms with van der Waals surface area (Å²) in [6.07, 6.45) is 5.30. The molecule has 1 aliphatic heterocycles. The molecule has 2 rings (SSSR count). The monoisotopic (exact) mass is 352 g/mol. The van der Waals surface area contributed by atoms with E-state index in [4.69, 9.17) is 4.74 Å². The molecule has 2 unspecified atom stereocenters. The first-order valence-corrected chi connectivity index (χ1v) is 7.85. The first-order valence-electron chi connectivity index (χ1n) is 5.26. The van der Waals surface area contributed by atoms with Crippen LogP contribution in [-0.4, -0.2) is 12.7 Å². The quantitative estimate of drug-likeness (QED) is 0.699. The van der Waals surface area contributed by atoms with Crippen LogP contribution in [0.2, 0.25) is 0 Å². The van der Waals surface area contributed by atoms with Gasteiger partial charge in [-0.15, -0.1) is 11.3 Å². The predicted octanol–water partition coefficient (Wildman–Crippen LogP) is 4.91. The van der Waals surface area contributed by atoms with Crippen molar-refractivity contribution in [2.45, 2.75) is 36.6 Å². The Morgan fingerprint density at radius 3 is 3.07 bits per heavy atom. The van der Waals surface area contributed by atoms with Crippen molar-refractivity contribution in [1.29, 1.82) is 0 Å². The van der Waals surface area contributed by atoms with Crippen molar-refractivity contribution in [3.63, 3.8) is 0 Å². The molecule has 1 nitrogen and oxygen atoms in total. The fourth-order valence-electron chi connectivity index (χ4n) is 1.86. The molecular formula is C11H14Br2OS. The molecule has 0 saturated carbocycles. The molecule has 0 bridgehead atoms. The van der Waals surface area contributed by atoms with E-state index >= 15 is 0 Å². The second-order valence-electron chi connectivity index (χ2n) is 3.81. The van der Waals surface area contributed by atoms with Crippen LogP contribution in [0.3, 0.4) is 0 Å². The molecule has 1 aliphatic rings. The lowest BCUT2D eigenvalue weighted by Gasteiger charge is -2.12. The lowest BCUT2D eigenvalue weighted by atomic mass is 10.1. The first-order chi connectivity index (χ1) is 7.27. The Balaban J connectivity index is 1.81. The summed E-state index contributed by atoms with van der Waals surface area (Å²) in [5.41, 5.74) is 0. The SMILES string of the molecule is Brc1ccsc1C(Br)CCC1CCCO1. The molecule has 1 aromatic rings. The molecule has 4 heteroatoms. The van der Waals surface area contributed by atoms with Gasteiger partial charge in [-0.3, -0.25) is 0 Å². The van der Waals surface area contributed by atoms with Crippen LogP contribution < -0.4 is 0 Å². The number of rotatable bonds is 4. The van der Waals surface area contributed by atoms with Crippen molar-refractivity contribution >= 4 is 43.2 Å². The van der Waals surface area contributed by atoms with E-state index in [1.165, 1.54) is 28.6 Å². The summed E-state index contributed by atoms with van der Waals surface area (Å²) in [5.74, 6) is 0. The van der Waals surface area contributed by atoms with Crippen molar-refractivity contribution in [3.05, 3.63) is 20.8 Å². The molecule has 1 saturated heterocycles. The highest BCUT2D eigenvalue weighted by atomic mass is 79.9. The van der Waals surface area contributed by atoms with E-state index in [2.05, 4.69) is 43.3 Å². The van der Waals surface area contributed by atoms with Crippen molar-refractivity contribution in [2.24, 2.45) is 0 Å². The van der Waals surface area contributed by atoms with Crippen molar-refractivity contribution in [1.82, 2.24) is 0 Å². The summed E-state index contributed by atoms with van der Waals surface area (Å²) in [6.45, 7) is 0.959. The lowest BCUT2D eigenvalue weighted by Crippen LogP contribution is -2.05. The van der Waals surface area contributed by atoms with Crippen LogP contribution in [0, 0.1) is 0 Å². The highest BCUT2D eigenvalue weighted by molar-refractivity contribution is 9.11. The van der Waals surface area contributed by atoms with E-state index in [0.29, 0.717) is 10.9 Å². The van der Waals surface area contributed by atoms with Crippen molar-refractivity contribution in [2.75, 3.05) is 6.61 Å². The summed E-state index contributed by atoms with van der Waals surface area (Å²) >= 11 is 9.12. The van der Waals surface area contributed by atoms with Crippen LogP contribution in [0.25, 0.3) is 0 Å². The second kappa shape index (κ2) is 5.80. The topological polar surface area (TPSA) is 9.23 Å². The van der Waals surface area contributed by atoms with Crippen LogP contribution in [0.1, 0.15) is 35.4 Å². The highest BCUT2D eigenvalue weighted by Crippen LogP contribution is 2.38. The third-order valence-corrected chi connectivity index (χ3v) is 5.90. The van der Waals surface area contributed by atoms with Crippen molar-refractivity contribution in [3.8, 4) is 0 Å². The van der Waals surface area contributed by atoms with E-state index in [9.17, 15) is 0 Å². The molecular weight excluding hydrogens is 340 g/mol. The van der Waals surface area contributed by atoms with Gasteiger partial charge in [0.1, 0.15) is 0 Å². The molecule has 15 heavy (non-hydrogen) atoms. The van der Waals surface area contributed by atoms with Crippen molar-refractivity contribution < 1.29 is 4.74 Å². The van der Waals surface area contributed by atoms with Gasteiger partial charge in [0.25, 0.3) is 0 Å². The van der Waals surface area contributed by atoms with E-state index in [1.807, 2.05) is 0 Å². The molecule has 1 fully saturated rings. The van der Waals surface area contributed by atoms with Crippen LogP contribution in [0.5, 0.6) is 0 Å². The summed E-state index contributed by atoms with van der Waals surface area (Å²) in [7, 11) is 0. The molecule has 2 heterocycles. The fraction of sp³-hybridized carbons (Fsp3) is 0.636. The van der Waals surface area contributed by atoms with Gasteiger partial charge in [0.15, 0.2) is 0 Å². The largest absolute Gasteiger partial charge is 0.378 e. The average Bonchev–Trinajstić information content (AvgIpc) is 2.84. The summed E-state index contributed by atoms with van der Waals surface area (Å²) in [4.78, 5) is 1.86. The Morgan fingerprint density at radius 1 is 1.60 bits per heavy atom. The van der Waals surface area contributed by atoms with E-state index < -0.39 is 0 Å². The maximum Gasteiger partial charge on any atom is 0.0576 e. The summed E-state index contributed by atoms with van der Waals surface area (Å²) < 4.78 is 6.85.